The van der Waals surface area contributed by atoms with Gasteiger partial charge in [0.05, 0.1) is 24.5 Å². The van der Waals surface area contributed by atoms with E-state index in [4.69, 9.17) is 9.57 Å². The highest BCUT2D eigenvalue weighted by atomic mass is 32.1. The van der Waals surface area contributed by atoms with Gasteiger partial charge in [-0.3, -0.25) is 9.69 Å². The summed E-state index contributed by atoms with van der Waals surface area (Å²) in [5, 5.41) is 15.9. The molecular formula is C19H22FN5O4S. The van der Waals surface area contributed by atoms with E-state index in [9.17, 15) is 14.0 Å². The SMILES string of the molecule is CO/N=C(\C)CCc1nnc(-c2ccc(N3C[C@H](CNC(C)=O)OC3=O)cc2F)s1. The number of hydrogen-bond donors (Lipinski definition) is 1. The Balaban J connectivity index is 1.68. The van der Waals surface area contributed by atoms with Gasteiger partial charge in [-0.1, -0.05) is 16.5 Å². The molecule has 1 aliphatic rings. The topological polar surface area (TPSA) is 106 Å². The minimum atomic E-state index is -0.580. The van der Waals surface area contributed by atoms with E-state index in [0.29, 0.717) is 29.1 Å². The van der Waals surface area contributed by atoms with Crippen LogP contribution in [0.3, 0.4) is 0 Å². The molecule has 1 aliphatic heterocycles. The predicted molar refractivity (Wildman–Crippen MR) is 110 cm³/mol. The molecule has 9 nitrogen and oxygen atoms in total. The summed E-state index contributed by atoms with van der Waals surface area (Å²) in [7, 11) is 1.49. The van der Waals surface area contributed by atoms with Crippen molar-refractivity contribution < 1.29 is 23.6 Å². The number of aromatic nitrogens is 2. The maximum Gasteiger partial charge on any atom is 0.414 e. The van der Waals surface area contributed by atoms with E-state index in [2.05, 4.69) is 20.7 Å². The lowest BCUT2D eigenvalue weighted by Gasteiger charge is -2.14. The van der Waals surface area contributed by atoms with Crippen molar-refractivity contribution in [1.82, 2.24) is 15.5 Å². The maximum atomic E-state index is 14.8. The molecule has 0 aliphatic carbocycles. The quantitative estimate of drug-likeness (QED) is 0.505. The average Bonchev–Trinajstić information content (AvgIpc) is 3.31. The number of carbonyl (C=O) groups is 2. The van der Waals surface area contributed by atoms with Crippen LogP contribution in [-0.2, 0) is 20.8 Å². The Hall–Kier alpha value is -3.08. The van der Waals surface area contributed by atoms with Crippen molar-refractivity contribution in [1.29, 1.82) is 0 Å². The van der Waals surface area contributed by atoms with Gasteiger partial charge in [0, 0.05) is 18.9 Å². The molecule has 160 valence electrons. The molecular weight excluding hydrogens is 413 g/mol. The van der Waals surface area contributed by atoms with Gasteiger partial charge in [-0.05, 0) is 31.5 Å². The van der Waals surface area contributed by atoms with Crippen LogP contribution in [0.15, 0.2) is 23.4 Å². The molecule has 0 bridgehead atoms. The van der Waals surface area contributed by atoms with Crippen LogP contribution in [0.5, 0.6) is 0 Å². The monoisotopic (exact) mass is 435 g/mol. The number of cyclic esters (lactones) is 1. The first-order valence-corrected chi connectivity index (χ1v) is 10.1. The van der Waals surface area contributed by atoms with Crippen molar-refractivity contribution in [2.24, 2.45) is 5.16 Å². The number of hydrogen-bond acceptors (Lipinski definition) is 8. The van der Waals surface area contributed by atoms with Crippen LogP contribution in [0.2, 0.25) is 0 Å². The Morgan fingerprint density at radius 1 is 1.43 bits per heavy atom. The highest BCUT2D eigenvalue weighted by Crippen LogP contribution is 2.31. The second kappa shape index (κ2) is 9.61. The van der Waals surface area contributed by atoms with Crippen LogP contribution in [0.4, 0.5) is 14.9 Å². The molecule has 2 aromatic rings. The lowest BCUT2D eigenvalue weighted by atomic mass is 10.2. The van der Waals surface area contributed by atoms with Gasteiger partial charge in [-0.25, -0.2) is 9.18 Å². The fourth-order valence-electron chi connectivity index (χ4n) is 2.89. The van der Waals surface area contributed by atoms with Gasteiger partial charge in [-0.15, -0.1) is 10.2 Å². The number of anilines is 1. The number of benzene rings is 1. The van der Waals surface area contributed by atoms with Crippen molar-refractivity contribution in [3.05, 3.63) is 29.0 Å². The van der Waals surface area contributed by atoms with E-state index in [0.717, 1.165) is 10.7 Å². The number of oxime groups is 1. The Labute approximate surface area is 176 Å². The van der Waals surface area contributed by atoms with Gasteiger partial charge >= 0.3 is 6.09 Å². The number of aryl methyl sites for hydroxylation is 1. The first kappa shape index (κ1) is 21.6. The second-order valence-corrected chi connectivity index (χ2v) is 7.79. The zero-order chi connectivity index (χ0) is 21.7. The normalized spacial score (nSPS) is 16.5. The van der Waals surface area contributed by atoms with E-state index < -0.39 is 18.0 Å². The third kappa shape index (κ3) is 5.29. The van der Waals surface area contributed by atoms with Crippen molar-refractivity contribution >= 4 is 34.7 Å². The standard InChI is InChI=1S/C19H22FN5O4S/c1-11(24-28-3)4-7-17-22-23-18(30-17)15-6-5-13(8-16(15)20)25-10-14(29-19(25)27)9-21-12(2)26/h5-6,8,14H,4,7,9-10H2,1-3H3,(H,21,26)/b24-11+/t14-/m0/s1. The summed E-state index contributed by atoms with van der Waals surface area (Å²) < 4.78 is 20.0. The molecule has 0 radical (unpaired) electrons. The third-order valence-corrected chi connectivity index (χ3v) is 5.38. The van der Waals surface area contributed by atoms with E-state index in [1.807, 2.05) is 6.92 Å². The minimum absolute atomic E-state index is 0.209. The van der Waals surface area contributed by atoms with Crippen LogP contribution < -0.4 is 10.2 Å². The number of rotatable bonds is 8. The Morgan fingerprint density at radius 2 is 2.23 bits per heavy atom. The summed E-state index contributed by atoms with van der Waals surface area (Å²) in [6, 6.07) is 4.48. The van der Waals surface area contributed by atoms with Crippen LogP contribution in [0.25, 0.3) is 10.6 Å². The number of nitrogens with one attached hydrogen (secondary N) is 1. The molecule has 30 heavy (non-hydrogen) atoms. The summed E-state index contributed by atoms with van der Waals surface area (Å²) in [6.07, 6.45) is 0.232. The Bertz CT molecular complexity index is 964. The molecule has 11 heteroatoms. The summed E-state index contributed by atoms with van der Waals surface area (Å²) in [4.78, 5) is 29.2. The van der Waals surface area contributed by atoms with E-state index >= 15 is 0 Å². The minimum Gasteiger partial charge on any atom is -0.442 e. The van der Waals surface area contributed by atoms with Crippen molar-refractivity contribution in [2.75, 3.05) is 25.1 Å². The number of nitrogens with zero attached hydrogens (tertiary/aromatic N) is 4. The average molecular weight is 435 g/mol. The highest BCUT2D eigenvalue weighted by Gasteiger charge is 2.32. The van der Waals surface area contributed by atoms with Crippen LogP contribution in [0, 0.1) is 5.82 Å². The molecule has 2 heterocycles. The first-order chi connectivity index (χ1) is 14.4. The molecule has 1 atom stereocenters. The predicted octanol–water partition coefficient (Wildman–Crippen LogP) is 2.76. The van der Waals surface area contributed by atoms with E-state index in [-0.39, 0.29) is 19.0 Å². The number of halogens is 1. The smallest absolute Gasteiger partial charge is 0.414 e. The number of carbonyl (C=O) groups excluding carboxylic acids is 2. The zero-order valence-corrected chi connectivity index (χ0v) is 17.7. The number of ether oxygens (including phenoxy) is 1. The Morgan fingerprint density at radius 3 is 2.93 bits per heavy atom. The fourth-order valence-corrected chi connectivity index (χ4v) is 3.76. The molecule has 3 rings (SSSR count). The molecule has 0 unspecified atom stereocenters. The van der Waals surface area contributed by atoms with Crippen molar-refractivity contribution in [3.8, 4) is 10.6 Å². The molecule has 1 aromatic carbocycles. The molecule has 1 fully saturated rings. The summed E-state index contributed by atoms with van der Waals surface area (Å²) in [5.41, 5.74) is 1.52. The lowest BCUT2D eigenvalue weighted by molar-refractivity contribution is -0.119. The van der Waals surface area contributed by atoms with E-state index in [1.165, 1.54) is 36.3 Å². The third-order valence-electron chi connectivity index (χ3n) is 4.36. The van der Waals surface area contributed by atoms with E-state index in [1.54, 1.807) is 12.1 Å². The van der Waals surface area contributed by atoms with Crippen LogP contribution >= 0.6 is 11.3 Å². The Kier molecular flexibility index (Phi) is 6.93. The fraction of sp³-hybridized carbons (Fsp3) is 0.421. The molecule has 1 N–H and O–H groups in total. The van der Waals surface area contributed by atoms with Gasteiger partial charge in [0.1, 0.15) is 24.0 Å². The van der Waals surface area contributed by atoms with Gasteiger partial charge < -0.3 is 14.9 Å². The number of amides is 2. The van der Waals surface area contributed by atoms with Crippen molar-refractivity contribution in [3.63, 3.8) is 0 Å². The molecule has 1 saturated heterocycles. The lowest BCUT2D eigenvalue weighted by Crippen LogP contribution is -2.33. The first-order valence-electron chi connectivity index (χ1n) is 9.29. The summed E-state index contributed by atoms with van der Waals surface area (Å²) in [5.74, 6) is -0.720. The summed E-state index contributed by atoms with van der Waals surface area (Å²) in [6.45, 7) is 3.67. The second-order valence-electron chi connectivity index (χ2n) is 6.73. The zero-order valence-electron chi connectivity index (χ0n) is 16.8. The van der Waals surface area contributed by atoms with Gasteiger partial charge in [0.15, 0.2) is 5.01 Å². The van der Waals surface area contributed by atoms with Crippen molar-refractivity contribution in [2.45, 2.75) is 32.8 Å². The maximum absolute atomic E-state index is 14.8. The highest BCUT2D eigenvalue weighted by molar-refractivity contribution is 7.14. The van der Waals surface area contributed by atoms with Crippen LogP contribution in [-0.4, -0.2) is 54.2 Å². The molecule has 1 aromatic heterocycles. The molecule has 0 saturated carbocycles. The summed E-state index contributed by atoms with van der Waals surface area (Å²) >= 11 is 1.31. The van der Waals surface area contributed by atoms with Gasteiger partial charge in [0.25, 0.3) is 0 Å². The van der Waals surface area contributed by atoms with Gasteiger partial charge in [-0.2, -0.15) is 0 Å². The molecule has 0 spiro atoms. The largest absolute Gasteiger partial charge is 0.442 e. The van der Waals surface area contributed by atoms with Gasteiger partial charge in [0.2, 0.25) is 5.91 Å². The van der Waals surface area contributed by atoms with Crippen LogP contribution in [0.1, 0.15) is 25.3 Å². The molecule has 2 amide bonds.